The molecule has 0 atom stereocenters. The molecule has 0 radical (unpaired) electrons. The van der Waals surface area contributed by atoms with Crippen molar-refractivity contribution in [1.82, 2.24) is 4.48 Å². The third-order valence-corrected chi connectivity index (χ3v) is 3.84. The Labute approximate surface area is 110 Å². The highest BCUT2D eigenvalue weighted by atomic mass is 15.3. The zero-order valence-electron chi connectivity index (χ0n) is 11.3. The Balaban J connectivity index is 2.33. The van der Waals surface area contributed by atoms with Crippen LogP contribution >= 0.6 is 0 Å². The number of hydrogen-bond acceptors (Lipinski definition) is 0. The molecule has 0 spiro atoms. The molecule has 0 amide bonds. The molecule has 0 bridgehead atoms. The van der Waals surface area contributed by atoms with Crippen LogP contribution in [-0.2, 0) is 6.54 Å². The molecule has 0 aliphatic carbocycles. The molecule has 0 heterocycles. The molecule has 0 aliphatic heterocycles. The van der Waals surface area contributed by atoms with E-state index in [0.717, 1.165) is 24.1 Å². The minimum Gasteiger partial charge on any atom is -0.288 e. The number of nitrogens with zero attached hydrogens (tertiary/aromatic N) is 1. The minimum absolute atomic E-state index is 1.02. The summed E-state index contributed by atoms with van der Waals surface area (Å²) in [5.74, 6) is 0. The molecule has 0 aliphatic rings. The third kappa shape index (κ3) is 2.62. The fraction of sp³-hybridized carbons (Fsp3) is 0.294. The molecule has 0 unspecified atom stereocenters. The van der Waals surface area contributed by atoms with Gasteiger partial charge >= 0.3 is 0 Å². The maximum Gasteiger partial charge on any atom is 0.133 e. The van der Waals surface area contributed by atoms with Gasteiger partial charge in [0.25, 0.3) is 0 Å². The van der Waals surface area contributed by atoms with Crippen LogP contribution in [0.5, 0.6) is 0 Å². The van der Waals surface area contributed by atoms with E-state index in [1.165, 1.54) is 11.3 Å². The van der Waals surface area contributed by atoms with Crippen molar-refractivity contribution in [3.05, 3.63) is 66.2 Å². The van der Waals surface area contributed by atoms with E-state index in [0.29, 0.717) is 0 Å². The number of hydrogen-bond donors (Lipinski definition) is 0. The topological polar surface area (TPSA) is 0 Å². The Kier molecular flexibility index (Phi) is 4.16. The van der Waals surface area contributed by atoms with Gasteiger partial charge in [-0.05, 0) is 26.0 Å². The van der Waals surface area contributed by atoms with Gasteiger partial charge in [-0.15, -0.1) is 0 Å². The lowest BCUT2D eigenvalue weighted by Gasteiger charge is -2.36. The van der Waals surface area contributed by atoms with Gasteiger partial charge in [0.15, 0.2) is 0 Å². The van der Waals surface area contributed by atoms with Crippen LogP contribution in [0.15, 0.2) is 60.7 Å². The SMILES string of the molecule is CC[N+](CC)(Cc1ccccc1)c1ccccc1. The smallest absolute Gasteiger partial charge is 0.133 e. The van der Waals surface area contributed by atoms with Crippen LogP contribution in [0.25, 0.3) is 0 Å². The molecule has 18 heavy (non-hydrogen) atoms. The lowest BCUT2D eigenvalue weighted by molar-refractivity contribution is 0.292. The lowest BCUT2D eigenvalue weighted by Crippen LogP contribution is -2.48. The van der Waals surface area contributed by atoms with E-state index >= 15 is 0 Å². The Hall–Kier alpha value is -1.60. The Bertz CT molecular complexity index is 457. The van der Waals surface area contributed by atoms with Gasteiger partial charge in [0.1, 0.15) is 12.2 Å². The number of quaternary nitrogens is 1. The van der Waals surface area contributed by atoms with Crippen LogP contribution in [0.4, 0.5) is 5.69 Å². The first kappa shape index (κ1) is 12.8. The van der Waals surface area contributed by atoms with E-state index in [-0.39, 0.29) is 0 Å². The van der Waals surface area contributed by atoms with E-state index in [2.05, 4.69) is 74.5 Å². The van der Waals surface area contributed by atoms with Gasteiger partial charge in [0, 0.05) is 5.56 Å². The zero-order chi connectivity index (χ0) is 12.8. The highest BCUT2D eigenvalue weighted by molar-refractivity contribution is 5.43. The van der Waals surface area contributed by atoms with Crippen LogP contribution < -0.4 is 4.48 Å². The van der Waals surface area contributed by atoms with Gasteiger partial charge in [-0.1, -0.05) is 48.5 Å². The van der Waals surface area contributed by atoms with E-state index in [4.69, 9.17) is 0 Å². The van der Waals surface area contributed by atoms with Gasteiger partial charge in [-0.3, -0.25) is 4.48 Å². The average molecular weight is 240 g/mol. The second-order valence-electron chi connectivity index (χ2n) is 4.76. The second kappa shape index (κ2) is 5.83. The Morgan fingerprint density at radius 3 is 1.72 bits per heavy atom. The van der Waals surface area contributed by atoms with Gasteiger partial charge in [0.05, 0.1) is 13.1 Å². The Morgan fingerprint density at radius 2 is 1.22 bits per heavy atom. The van der Waals surface area contributed by atoms with Gasteiger partial charge in [-0.2, -0.15) is 0 Å². The van der Waals surface area contributed by atoms with Gasteiger partial charge in [-0.25, -0.2) is 0 Å². The van der Waals surface area contributed by atoms with Crippen molar-refractivity contribution in [2.75, 3.05) is 13.1 Å². The summed E-state index contributed by atoms with van der Waals surface area (Å²) in [6, 6.07) is 21.6. The van der Waals surface area contributed by atoms with Crippen molar-refractivity contribution in [2.45, 2.75) is 20.4 Å². The van der Waals surface area contributed by atoms with Crippen molar-refractivity contribution in [3.8, 4) is 0 Å². The molecule has 0 saturated heterocycles. The normalized spacial score (nSPS) is 11.4. The molecule has 1 nitrogen and oxygen atoms in total. The summed E-state index contributed by atoms with van der Waals surface area (Å²) in [7, 11) is 0. The van der Waals surface area contributed by atoms with E-state index in [9.17, 15) is 0 Å². The molecular formula is C17H22N+. The highest BCUT2D eigenvalue weighted by Crippen LogP contribution is 2.25. The first-order valence-electron chi connectivity index (χ1n) is 6.76. The summed E-state index contributed by atoms with van der Waals surface area (Å²) in [6.45, 7) is 7.86. The number of benzene rings is 2. The Morgan fingerprint density at radius 1 is 0.722 bits per heavy atom. The average Bonchev–Trinajstić information content (AvgIpc) is 2.47. The predicted octanol–water partition coefficient (Wildman–Crippen LogP) is 4.23. The largest absolute Gasteiger partial charge is 0.288 e. The summed E-state index contributed by atoms with van der Waals surface area (Å²) < 4.78 is 1.02. The third-order valence-electron chi connectivity index (χ3n) is 3.84. The van der Waals surface area contributed by atoms with Gasteiger partial charge in [0.2, 0.25) is 0 Å². The van der Waals surface area contributed by atoms with Crippen molar-refractivity contribution < 1.29 is 0 Å². The lowest BCUT2D eigenvalue weighted by atomic mass is 10.1. The standard InChI is InChI=1S/C17H22N/c1-3-18(4-2,17-13-9-6-10-14-17)15-16-11-7-5-8-12-16/h5-14H,3-4,15H2,1-2H3/q+1. The number of rotatable bonds is 5. The quantitative estimate of drug-likeness (QED) is 0.686. The molecule has 94 valence electrons. The maximum atomic E-state index is 2.28. The van der Waals surface area contributed by atoms with E-state index in [1.54, 1.807) is 0 Å². The van der Waals surface area contributed by atoms with Crippen LogP contribution in [0.3, 0.4) is 0 Å². The van der Waals surface area contributed by atoms with Crippen LogP contribution in [0.2, 0.25) is 0 Å². The van der Waals surface area contributed by atoms with E-state index in [1.807, 2.05) is 0 Å². The summed E-state index contributed by atoms with van der Waals surface area (Å²) in [6.07, 6.45) is 0. The minimum atomic E-state index is 1.02. The molecule has 2 rings (SSSR count). The second-order valence-corrected chi connectivity index (χ2v) is 4.76. The zero-order valence-corrected chi connectivity index (χ0v) is 11.3. The molecule has 2 aromatic rings. The summed E-state index contributed by atoms with van der Waals surface area (Å²) in [4.78, 5) is 0. The fourth-order valence-corrected chi connectivity index (χ4v) is 2.58. The van der Waals surface area contributed by atoms with Crippen LogP contribution in [-0.4, -0.2) is 13.1 Å². The molecule has 2 aromatic carbocycles. The highest BCUT2D eigenvalue weighted by Gasteiger charge is 2.26. The monoisotopic (exact) mass is 240 g/mol. The maximum absolute atomic E-state index is 2.28. The van der Waals surface area contributed by atoms with Crippen molar-refractivity contribution in [3.63, 3.8) is 0 Å². The van der Waals surface area contributed by atoms with Crippen molar-refractivity contribution in [1.29, 1.82) is 0 Å². The summed E-state index contributed by atoms with van der Waals surface area (Å²) >= 11 is 0. The number of para-hydroxylation sites is 1. The molecule has 0 saturated carbocycles. The van der Waals surface area contributed by atoms with Crippen molar-refractivity contribution in [2.24, 2.45) is 0 Å². The molecule has 0 N–H and O–H groups in total. The molecular weight excluding hydrogens is 218 g/mol. The first-order valence-corrected chi connectivity index (χ1v) is 6.76. The predicted molar refractivity (Wildman–Crippen MR) is 79.5 cm³/mol. The summed E-state index contributed by atoms with van der Waals surface area (Å²) in [5, 5.41) is 0. The molecule has 0 fully saturated rings. The summed E-state index contributed by atoms with van der Waals surface area (Å²) in [5.41, 5.74) is 2.82. The fourth-order valence-electron chi connectivity index (χ4n) is 2.58. The van der Waals surface area contributed by atoms with E-state index < -0.39 is 0 Å². The molecule has 1 heteroatoms. The molecule has 0 aromatic heterocycles. The first-order chi connectivity index (χ1) is 8.80. The van der Waals surface area contributed by atoms with Gasteiger partial charge < -0.3 is 0 Å². The van der Waals surface area contributed by atoms with Crippen molar-refractivity contribution >= 4 is 5.69 Å². The van der Waals surface area contributed by atoms with Crippen LogP contribution in [0, 0.1) is 0 Å². The van der Waals surface area contributed by atoms with Crippen LogP contribution in [0.1, 0.15) is 19.4 Å².